The lowest BCUT2D eigenvalue weighted by atomic mass is 10.1. The van der Waals surface area contributed by atoms with Crippen LogP contribution in [-0.4, -0.2) is 29.3 Å². The summed E-state index contributed by atoms with van der Waals surface area (Å²) in [7, 11) is 0. The molecule has 8 nitrogen and oxygen atoms in total. The first-order valence-electron chi connectivity index (χ1n) is 7.47. The van der Waals surface area contributed by atoms with E-state index >= 15 is 0 Å². The highest BCUT2D eigenvalue weighted by atomic mass is 16.3. The van der Waals surface area contributed by atoms with Crippen LogP contribution in [0.15, 0.2) is 47.2 Å². The maximum Gasteiger partial charge on any atom is 0.256 e. The van der Waals surface area contributed by atoms with E-state index in [0.29, 0.717) is 22.5 Å². The van der Waals surface area contributed by atoms with Gasteiger partial charge in [-0.25, -0.2) is 4.98 Å². The second kappa shape index (κ2) is 5.75. The topological polar surface area (TPSA) is 113 Å². The molecule has 25 heavy (non-hydrogen) atoms. The Balaban J connectivity index is 1.66. The van der Waals surface area contributed by atoms with E-state index in [4.69, 9.17) is 4.42 Å². The van der Waals surface area contributed by atoms with Crippen molar-refractivity contribution in [2.45, 2.75) is 0 Å². The zero-order valence-corrected chi connectivity index (χ0v) is 12.8. The summed E-state index contributed by atoms with van der Waals surface area (Å²) in [5, 5.41) is 8.47. The number of hydrogen-bond donors (Lipinski definition) is 3. The monoisotopic (exact) mass is 336 g/mol. The standard InChI is InChI=1S/C17H12N4O4/c22-14-8-19-17(24)11-7-9(1-2-12(11)20-14)16(23)21-15-10-4-6-25-13(10)3-5-18-15/h1-7H,8H2,(H,19,24)(H,20,22)(H,18,21,23). The number of anilines is 2. The predicted octanol–water partition coefficient (Wildman–Crippen LogP) is 1.76. The number of nitrogens with zero attached hydrogens (tertiary/aromatic N) is 1. The number of pyridine rings is 1. The SMILES string of the molecule is O=C1CNC(=O)c2cc(C(=O)Nc3nccc4occc34)ccc2N1. The molecular weight excluding hydrogens is 324 g/mol. The minimum absolute atomic E-state index is 0.110. The molecule has 2 aromatic heterocycles. The molecule has 3 N–H and O–H groups in total. The Morgan fingerprint density at radius 2 is 2.08 bits per heavy atom. The van der Waals surface area contributed by atoms with Crippen LogP contribution in [0.3, 0.4) is 0 Å². The molecule has 1 aliphatic heterocycles. The quantitative estimate of drug-likeness (QED) is 0.660. The maximum atomic E-state index is 12.5. The van der Waals surface area contributed by atoms with E-state index in [9.17, 15) is 14.4 Å². The third-order valence-electron chi connectivity index (χ3n) is 3.82. The fourth-order valence-electron chi connectivity index (χ4n) is 2.61. The lowest BCUT2D eigenvalue weighted by Gasteiger charge is -2.09. The van der Waals surface area contributed by atoms with Gasteiger partial charge in [-0.3, -0.25) is 14.4 Å². The average Bonchev–Trinajstić information content (AvgIpc) is 3.04. The molecule has 0 aliphatic carbocycles. The van der Waals surface area contributed by atoms with Crippen LogP contribution >= 0.6 is 0 Å². The van der Waals surface area contributed by atoms with Crippen molar-refractivity contribution < 1.29 is 18.8 Å². The van der Waals surface area contributed by atoms with Gasteiger partial charge in [-0.1, -0.05) is 0 Å². The van der Waals surface area contributed by atoms with Crippen LogP contribution in [-0.2, 0) is 4.79 Å². The molecule has 4 rings (SSSR count). The van der Waals surface area contributed by atoms with E-state index in [1.54, 1.807) is 12.1 Å². The van der Waals surface area contributed by atoms with Crippen molar-refractivity contribution in [3.05, 3.63) is 53.9 Å². The number of rotatable bonds is 2. The summed E-state index contributed by atoms with van der Waals surface area (Å²) in [5.41, 5.74) is 1.47. The van der Waals surface area contributed by atoms with E-state index in [2.05, 4.69) is 20.9 Å². The van der Waals surface area contributed by atoms with Gasteiger partial charge in [-0.2, -0.15) is 0 Å². The molecule has 0 saturated carbocycles. The third-order valence-corrected chi connectivity index (χ3v) is 3.82. The number of benzene rings is 1. The van der Waals surface area contributed by atoms with Crippen molar-refractivity contribution in [2.24, 2.45) is 0 Å². The number of carbonyl (C=O) groups is 3. The lowest BCUT2D eigenvalue weighted by Crippen LogP contribution is -2.28. The molecule has 124 valence electrons. The summed E-state index contributed by atoms with van der Waals surface area (Å²) < 4.78 is 5.27. The van der Waals surface area contributed by atoms with Gasteiger partial charge in [-0.05, 0) is 30.3 Å². The number of aromatic nitrogens is 1. The number of carbonyl (C=O) groups excluding carboxylic acids is 3. The number of fused-ring (bicyclic) bond motifs is 2. The molecule has 0 bridgehead atoms. The first-order chi connectivity index (χ1) is 12.1. The van der Waals surface area contributed by atoms with E-state index in [0.717, 1.165) is 0 Å². The fraction of sp³-hybridized carbons (Fsp3) is 0.0588. The highest BCUT2D eigenvalue weighted by Crippen LogP contribution is 2.23. The van der Waals surface area contributed by atoms with Gasteiger partial charge >= 0.3 is 0 Å². The molecule has 0 fully saturated rings. The maximum absolute atomic E-state index is 12.5. The third kappa shape index (κ3) is 2.69. The molecule has 0 saturated heterocycles. The Bertz CT molecular complexity index is 1020. The van der Waals surface area contributed by atoms with Crippen LogP contribution in [0.25, 0.3) is 11.0 Å². The Hall–Kier alpha value is -3.68. The number of nitrogens with one attached hydrogen (secondary N) is 3. The summed E-state index contributed by atoms with van der Waals surface area (Å²) in [6.45, 7) is -0.110. The average molecular weight is 336 g/mol. The molecule has 8 heteroatoms. The molecule has 3 amide bonds. The Morgan fingerprint density at radius 3 is 2.96 bits per heavy atom. The van der Waals surface area contributed by atoms with Gasteiger partial charge in [0.1, 0.15) is 11.4 Å². The zero-order chi connectivity index (χ0) is 17.4. The summed E-state index contributed by atoms with van der Waals surface area (Å²) in [6.07, 6.45) is 3.04. The summed E-state index contributed by atoms with van der Waals surface area (Å²) in [5.74, 6) is -0.797. The Labute approximate surface area is 141 Å². The second-order valence-electron chi connectivity index (χ2n) is 5.44. The van der Waals surface area contributed by atoms with Gasteiger partial charge in [0.25, 0.3) is 11.8 Å². The fourth-order valence-corrected chi connectivity index (χ4v) is 2.61. The summed E-state index contributed by atoms with van der Waals surface area (Å²) in [6, 6.07) is 7.89. The van der Waals surface area contributed by atoms with Crippen molar-refractivity contribution in [1.29, 1.82) is 0 Å². The van der Waals surface area contributed by atoms with Gasteiger partial charge in [-0.15, -0.1) is 0 Å². The van der Waals surface area contributed by atoms with E-state index < -0.39 is 11.8 Å². The van der Waals surface area contributed by atoms with E-state index in [1.807, 2.05) is 0 Å². The zero-order valence-electron chi connectivity index (χ0n) is 12.8. The summed E-state index contributed by atoms with van der Waals surface area (Å²) >= 11 is 0. The highest BCUT2D eigenvalue weighted by molar-refractivity contribution is 6.12. The minimum Gasteiger partial charge on any atom is -0.464 e. The lowest BCUT2D eigenvalue weighted by molar-refractivity contribution is -0.115. The second-order valence-corrected chi connectivity index (χ2v) is 5.44. The minimum atomic E-state index is -0.424. The van der Waals surface area contributed by atoms with Gasteiger partial charge in [0.2, 0.25) is 5.91 Å². The molecule has 0 radical (unpaired) electrons. The van der Waals surface area contributed by atoms with E-state index in [-0.39, 0.29) is 23.6 Å². The van der Waals surface area contributed by atoms with Crippen LogP contribution in [0.2, 0.25) is 0 Å². The van der Waals surface area contributed by atoms with Crippen LogP contribution in [0.5, 0.6) is 0 Å². The summed E-state index contributed by atoms with van der Waals surface area (Å²) in [4.78, 5) is 40.3. The molecular formula is C17H12N4O4. The van der Waals surface area contributed by atoms with Crippen molar-refractivity contribution in [1.82, 2.24) is 10.3 Å². The van der Waals surface area contributed by atoms with Gasteiger partial charge < -0.3 is 20.4 Å². The normalized spacial score (nSPS) is 13.6. The van der Waals surface area contributed by atoms with Gasteiger partial charge in [0.05, 0.1) is 29.4 Å². The molecule has 3 aromatic rings. The predicted molar refractivity (Wildman–Crippen MR) is 89.4 cm³/mol. The highest BCUT2D eigenvalue weighted by Gasteiger charge is 2.21. The number of furan rings is 1. The van der Waals surface area contributed by atoms with Crippen LogP contribution in [0, 0.1) is 0 Å². The Morgan fingerprint density at radius 1 is 1.20 bits per heavy atom. The smallest absolute Gasteiger partial charge is 0.256 e. The molecule has 0 spiro atoms. The van der Waals surface area contributed by atoms with Crippen molar-refractivity contribution in [2.75, 3.05) is 17.2 Å². The molecule has 0 atom stereocenters. The largest absolute Gasteiger partial charge is 0.464 e. The first-order valence-corrected chi connectivity index (χ1v) is 7.47. The van der Waals surface area contributed by atoms with Crippen molar-refractivity contribution in [3.8, 4) is 0 Å². The van der Waals surface area contributed by atoms with Crippen LogP contribution in [0.4, 0.5) is 11.5 Å². The first kappa shape index (κ1) is 14.9. The van der Waals surface area contributed by atoms with Gasteiger partial charge in [0.15, 0.2) is 0 Å². The number of hydrogen-bond acceptors (Lipinski definition) is 5. The molecule has 1 aromatic carbocycles. The molecule has 1 aliphatic rings. The van der Waals surface area contributed by atoms with E-state index in [1.165, 1.54) is 30.7 Å². The van der Waals surface area contributed by atoms with Gasteiger partial charge in [0, 0.05) is 11.8 Å². The van der Waals surface area contributed by atoms with Crippen molar-refractivity contribution >= 4 is 40.2 Å². The number of amides is 3. The van der Waals surface area contributed by atoms with Crippen molar-refractivity contribution in [3.63, 3.8) is 0 Å². The molecule has 0 unspecified atom stereocenters. The molecule has 3 heterocycles. The van der Waals surface area contributed by atoms with Crippen LogP contribution < -0.4 is 16.0 Å². The van der Waals surface area contributed by atoms with Crippen LogP contribution in [0.1, 0.15) is 20.7 Å². The Kier molecular flexibility index (Phi) is 3.42.